The van der Waals surface area contributed by atoms with E-state index in [2.05, 4.69) is 26.0 Å². The lowest BCUT2D eigenvalue weighted by atomic mass is 10.4. The minimum atomic E-state index is -1.30. The van der Waals surface area contributed by atoms with Gasteiger partial charge in [0.15, 0.2) is 5.65 Å². The lowest BCUT2D eigenvalue weighted by Crippen LogP contribution is -2.22. The number of aromatic nitrogens is 3. The molecule has 0 aromatic carbocycles. The van der Waals surface area contributed by atoms with Crippen molar-refractivity contribution in [2.45, 2.75) is 0 Å². The Hall–Kier alpha value is -1.43. The molecule has 2 aromatic rings. The highest BCUT2D eigenvalue weighted by atomic mass is 79.9. The number of nitrogens with zero attached hydrogens (tertiary/aromatic N) is 3. The maximum atomic E-state index is 10.4. The topological polar surface area (TPSA) is 70.3 Å². The van der Waals surface area contributed by atoms with E-state index in [1.165, 1.54) is 10.6 Å². The standard InChI is InChI=1S/C7H4BrN3O2/c8-4-2-9-6-1-5(7(12)13)10-11(6)3-4/h1-3H,(H,12,13)/p-1. The highest BCUT2D eigenvalue weighted by molar-refractivity contribution is 9.10. The van der Waals surface area contributed by atoms with Gasteiger partial charge >= 0.3 is 0 Å². The first-order chi connectivity index (χ1) is 6.16. The molecule has 0 aliphatic carbocycles. The Kier molecular flexibility index (Phi) is 1.77. The third kappa shape index (κ3) is 1.40. The van der Waals surface area contributed by atoms with Crippen molar-refractivity contribution < 1.29 is 9.90 Å². The van der Waals surface area contributed by atoms with Crippen LogP contribution in [0.1, 0.15) is 10.5 Å². The Balaban J connectivity index is 2.68. The molecule has 5 nitrogen and oxygen atoms in total. The van der Waals surface area contributed by atoms with E-state index in [-0.39, 0.29) is 5.69 Å². The minimum absolute atomic E-state index is 0.120. The van der Waals surface area contributed by atoms with Gasteiger partial charge in [0.1, 0.15) is 5.69 Å². The molecule has 2 heterocycles. The summed E-state index contributed by atoms with van der Waals surface area (Å²) in [5.74, 6) is -1.30. The third-order valence-electron chi connectivity index (χ3n) is 1.49. The average molecular weight is 241 g/mol. The summed E-state index contributed by atoms with van der Waals surface area (Å²) in [6, 6.07) is 1.35. The summed E-state index contributed by atoms with van der Waals surface area (Å²) in [5, 5.41) is 14.2. The summed E-state index contributed by atoms with van der Waals surface area (Å²) in [6.07, 6.45) is 3.19. The predicted octanol–water partition coefficient (Wildman–Crippen LogP) is -0.145. The zero-order valence-corrected chi connectivity index (χ0v) is 7.85. The van der Waals surface area contributed by atoms with E-state index < -0.39 is 5.97 Å². The zero-order valence-electron chi connectivity index (χ0n) is 6.27. The number of fused-ring (bicyclic) bond motifs is 1. The molecule has 0 saturated carbocycles. The molecule has 0 N–H and O–H groups in total. The number of halogens is 1. The van der Waals surface area contributed by atoms with Crippen molar-refractivity contribution in [1.29, 1.82) is 0 Å². The van der Waals surface area contributed by atoms with E-state index in [0.717, 1.165) is 4.47 Å². The Bertz CT molecular complexity index is 480. The summed E-state index contributed by atoms with van der Waals surface area (Å²) in [4.78, 5) is 14.4. The van der Waals surface area contributed by atoms with Crippen LogP contribution in [0.15, 0.2) is 22.9 Å². The number of aromatic carboxylic acids is 1. The van der Waals surface area contributed by atoms with Crippen molar-refractivity contribution in [2.24, 2.45) is 0 Å². The number of carbonyl (C=O) groups is 1. The summed E-state index contributed by atoms with van der Waals surface area (Å²) in [7, 11) is 0. The quantitative estimate of drug-likeness (QED) is 0.696. The Morgan fingerprint density at radius 2 is 2.38 bits per heavy atom. The molecular weight excluding hydrogens is 238 g/mol. The summed E-state index contributed by atoms with van der Waals surface area (Å²) in [6.45, 7) is 0. The van der Waals surface area contributed by atoms with Gasteiger partial charge in [0.25, 0.3) is 0 Å². The van der Waals surface area contributed by atoms with E-state index in [0.29, 0.717) is 5.65 Å². The van der Waals surface area contributed by atoms with Crippen molar-refractivity contribution in [3.63, 3.8) is 0 Å². The zero-order chi connectivity index (χ0) is 9.42. The van der Waals surface area contributed by atoms with E-state index >= 15 is 0 Å². The van der Waals surface area contributed by atoms with Crippen molar-refractivity contribution in [2.75, 3.05) is 0 Å². The molecule has 0 bridgehead atoms. The molecule has 0 unspecified atom stereocenters. The van der Waals surface area contributed by atoms with Crippen molar-refractivity contribution in [3.05, 3.63) is 28.6 Å². The fourth-order valence-electron chi connectivity index (χ4n) is 0.954. The lowest BCUT2D eigenvalue weighted by Gasteiger charge is -1.92. The number of rotatable bonds is 1. The maximum Gasteiger partial charge on any atom is 0.155 e. The number of carboxylic acid groups (broad SMARTS) is 1. The Labute approximate surface area is 81.1 Å². The number of carboxylic acids is 1. The third-order valence-corrected chi connectivity index (χ3v) is 1.90. The van der Waals surface area contributed by atoms with Gasteiger partial charge in [-0.15, -0.1) is 0 Å². The van der Waals surface area contributed by atoms with Crippen LogP contribution >= 0.6 is 15.9 Å². The molecule has 0 aliphatic rings. The van der Waals surface area contributed by atoms with E-state index in [4.69, 9.17) is 0 Å². The van der Waals surface area contributed by atoms with Crippen LogP contribution in [0.5, 0.6) is 0 Å². The Morgan fingerprint density at radius 1 is 1.62 bits per heavy atom. The highest BCUT2D eigenvalue weighted by Crippen LogP contribution is 2.09. The van der Waals surface area contributed by atoms with Crippen LogP contribution in [0, 0.1) is 0 Å². The van der Waals surface area contributed by atoms with Gasteiger partial charge in [0, 0.05) is 18.5 Å². The molecule has 6 heteroatoms. The van der Waals surface area contributed by atoms with E-state index in [9.17, 15) is 9.90 Å². The summed E-state index contributed by atoms with van der Waals surface area (Å²) >= 11 is 3.19. The minimum Gasteiger partial charge on any atom is -0.543 e. The van der Waals surface area contributed by atoms with Crippen LogP contribution in [0.3, 0.4) is 0 Å². The largest absolute Gasteiger partial charge is 0.543 e. The number of hydrogen-bond acceptors (Lipinski definition) is 4. The molecule has 0 atom stereocenters. The molecule has 0 spiro atoms. The first kappa shape index (κ1) is 8.18. The first-order valence-electron chi connectivity index (χ1n) is 3.39. The van der Waals surface area contributed by atoms with Crippen molar-refractivity contribution in [3.8, 4) is 0 Å². The van der Waals surface area contributed by atoms with Crippen LogP contribution in [-0.4, -0.2) is 20.6 Å². The fraction of sp³-hybridized carbons (Fsp3) is 0. The SMILES string of the molecule is O=C([O-])c1cc2ncc(Br)cn2n1. The van der Waals surface area contributed by atoms with Gasteiger partial charge in [0.05, 0.1) is 10.4 Å². The van der Waals surface area contributed by atoms with Crippen molar-refractivity contribution in [1.82, 2.24) is 14.6 Å². The second-order valence-electron chi connectivity index (χ2n) is 2.39. The fourth-order valence-corrected chi connectivity index (χ4v) is 1.25. The molecule has 0 radical (unpaired) electrons. The van der Waals surface area contributed by atoms with Gasteiger partial charge in [-0.3, -0.25) is 0 Å². The van der Waals surface area contributed by atoms with Crippen LogP contribution in [-0.2, 0) is 0 Å². The molecule has 66 valence electrons. The second-order valence-corrected chi connectivity index (χ2v) is 3.31. The summed E-state index contributed by atoms with van der Waals surface area (Å²) < 4.78 is 2.10. The number of carbonyl (C=O) groups excluding carboxylic acids is 1. The molecule has 0 fully saturated rings. The first-order valence-corrected chi connectivity index (χ1v) is 4.18. The van der Waals surface area contributed by atoms with Crippen LogP contribution in [0.4, 0.5) is 0 Å². The van der Waals surface area contributed by atoms with Gasteiger partial charge in [-0.1, -0.05) is 0 Å². The molecular formula is C7H3BrN3O2-. The van der Waals surface area contributed by atoms with Crippen LogP contribution < -0.4 is 5.11 Å². The smallest absolute Gasteiger partial charge is 0.155 e. The van der Waals surface area contributed by atoms with Crippen LogP contribution in [0.25, 0.3) is 5.65 Å². The van der Waals surface area contributed by atoms with Gasteiger partial charge in [0.2, 0.25) is 0 Å². The maximum absolute atomic E-state index is 10.4. The molecule has 0 amide bonds. The number of hydrogen-bond donors (Lipinski definition) is 0. The van der Waals surface area contributed by atoms with Gasteiger partial charge in [-0.2, -0.15) is 5.10 Å². The van der Waals surface area contributed by atoms with E-state index in [1.807, 2.05) is 0 Å². The molecule has 2 rings (SSSR count). The summed E-state index contributed by atoms with van der Waals surface area (Å²) in [5.41, 5.74) is 0.355. The molecule has 2 aromatic heterocycles. The lowest BCUT2D eigenvalue weighted by molar-refractivity contribution is -0.255. The molecule has 0 saturated heterocycles. The van der Waals surface area contributed by atoms with Gasteiger partial charge < -0.3 is 9.90 Å². The Morgan fingerprint density at radius 3 is 3.08 bits per heavy atom. The second kappa shape index (κ2) is 2.81. The average Bonchev–Trinajstić information content (AvgIpc) is 2.46. The highest BCUT2D eigenvalue weighted by Gasteiger charge is 2.02. The van der Waals surface area contributed by atoms with Gasteiger partial charge in [-0.25, -0.2) is 9.50 Å². The van der Waals surface area contributed by atoms with Crippen LogP contribution in [0.2, 0.25) is 0 Å². The molecule has 0 aliphatic heterocycles. The van der Waals surface area contributed by atoms with E-state index in [1.54, 1.807) is 12.4 Å². The monoisotopic (exact) mass is 240 g/mol. The van der Waals surface area contributed by atoms with Gasteiger partial charge in [-0.05, 0) is 15.9 Å². The normalized spacial score (nSPS) is 10.5. The molecule has 13 heavy (non-hydrogen) atoms. The predicted molar refractivity (Wildman–Crippen MR) is 45.0 cm³/mol. The van der Waals surface area contributed by atoms with Crippen molar-refractivity contribution >= 4 is 27.5 Å².